The lowest BCUT2D eigenvalue weighted by molar-refractivity contribution is 0.0696. The molecular formula is C19H19F2NO3. The standard InChI is InChI=1S/C19H19F2NO3/c20-15-5-7-17(8-6-15)25-12-16-2-1-9-22(16)11-14-4-3-13(19(23)24)10-18(14)21/h3-8,10,16H,1-2,9,11-12H2,(H,23,24)/t16-/m0/s1. The molecule has 1 N–H and O–H groups in total. The lowest BCUT2D eigenvalue weighted by Gasteiger charge is -2.25. The molecule has 1 fully saturated rings. The normalized spacial score (nSPS) is 17.6. The molecule has 1 saturated heterocycles. The Labute approximate surface area is 144 Å². The summed E-state index contributed by atoms with van der Waals surface area (Å²) in [7, 11) is 0. The van der Waals surface area contributed by atoms with Gasteiger partial charge in [0.05, 0.1) is 5.56 Å². The number of aromatic carboxylic acids is 1. The summed E-state index contributed by atoms with van der Waals surface area (Å²) < 4.78 is 32.7. The number of nitrogens with zero attached hydrogens (tertiary/aromatic N) is 1. The maximum Gasteiger partial charge on any atom is 0.335 e. The van der Waals surface area contributed by atoms with Crippen molar-refractivity contribution < 1.29 is 23.4 Å². The molecule has 0 spiro atoms. The van der Waals surface area contributed by atoms with Gasteiger partial charge >= 0.3 is 5.97 Å². The van der Waals surface area contributed by atoms with Crippen LogP contribution in [0.2, 0.25) is 0 Å². The van der Waals surface area contributed by atoms with E-state index in [9.17, 15) is 13.6 Å². The van der Waals surface area contributed by atoms with Crippen LogP contribution in [0, 0.1) is 11.6 Å². The maximum absolute atomic E-state index is 14.1. The Morgan fingerprint density at radius 1 is 1.20 bits per heavy atom. The molecule has 2 aromatic carbocycles. The van der Waals surface area contributed by atoms with Crippen molar-refractivity contribution in [2.75, 3.05) is 13.2 Å². The number of ether oxygens (including phenoxy) is 1. The summed E-state index contributed by atoms with van der Waals surface area (Å²) in [5.74, 6) is -1.36. The van der Waals surface area contributed by atoms with E-state index in [2.05, 4.69) is 4.90 Å². The van der Waals surface area contributed by atoms with Crippen molar-refractivity contribution in [3.63, 3.8) is 0 Å². The first-order chi connectivity index (χ1) is 12.0. The molecule has 0 aliphatic carbocycles. The zero-order chi connectivity index (χ0) is 17.8. The molecule has 3 rings (SSSR count). The third kappa shape index (κ3) is 4.33. The minimum absolute atomic E-state index is 0.0566. The number of carbonyl (C=O) groups is 1. The molecule has 1 aliphatic heterocycles. The Hall–Kier alpha value is -2.47. The van der Waals surface area contributed by atoms with E-state index in [4.69, 9.17) is 9.84 Å². The van der Waals surface area contributed by atoms with E-state index in [0.29, 0.717) is 24.5 Å². The largest absolute Gasteiger partial charge is 0.492 e. The van der Waals surface area contributed by atoms with Gasteiger partial charge in [0.2, 0.25) is 0 Å². The highest BCUT2D eigenvalue weighted by atomic mass is 19.1. The first kappa shape index (κ1) is 17.4. The van der Waals surface area contributed by atoms with Crippen LogP contribution in [0.1, 0.15) is 28.8 Å². The van der Waals surface area contributed by atoms with E-state index in [-0.39, 0.29) is 17.4 Å². The van der Waals surface area contributed by atoms with Gasteiger partial charge in [0.25, 0.3) is 0 Å². The van der Waals surface area contributed by atoms with Gasteiger partial charge in [-0.15, -0.1) is 0 Å². The predicted molar refractivity (Wildman–Crippen MR) is 88.7 cm³/mol. The molecule has 132 valence electrons. The van der Waals surface area contributed by atoms with Gasteiger partial charge in [-0.3, -0.25) is 4.90 Å². The summed E-state index contributed by atoms with van der Waals surface area (Å²) in [6.07, 6.45) is 1.93. The number of halogens is 2. The van der Waals surface area contributed by atoms with Crippen LogP contribution in [-0.2, 0) is 6.54 Å². The smallest absolute Gasteiger partial charge is 0.335 e. The molecule has 0 bridgehead atoms. The number of hydrogen-bond donors (Lipinski definition) is 1. The molecule has 1 heterocycles. The van der Waals surface area contributed by atoms with Gasteiger partial charge in [-0.2, -0.15) is 0 Å². The van der Waals surface area contributed by atoms with Crippen molar-refractivity contribution in [1.82, 2.24) is 4.90 Å². The fraction of sp³-hybridized carbons (Fsp3) is 0.316. The summed E-state index contributed by atoms with van der Waals surface area (Å²) in [6.45, 7) is 1.68. The highest BCUT2D eigenvalue weighted by Gasteiger charge is 2.26. The summed E-state index contributed by atoms with van der Waals surface area (Å²) >= 11 is 0. The van der Waals surface area contributed by atoms with Gasteiger partial charge in [0.15, 0.2) is 0 Å². The van der Waals surface area contributed by atoms with Gasteiger partial charge in [0, 0.05) is 18.2 Å². The van der Waals surface area contributed by atoms with Gasteiger partial charge in [-0.25, -0.2) is 13.6 Å². The molecule has 0 aromatic heterocycles. The van der Waals surface area contributed by atoms with Crippen molar-refractivity contribution in [1.29, 1.82) is 0 Å². The van der Waals surface area contributed by atoms with Crippen molar-refractivity contribution in [3.05, 3.63) is 65.2 Å². The van der Waals surface area contributed by atoms with Crippen LogP contribution in [0.4, 0.5) is 8.78 Å². The first-order valence-electron chi connectivity index (χ1n) is 8.17. The highest BCUT2D eigenvalue weighted by molar-refractivity contribution is 5.87. The lowest BCUT2D eigenvalue weighted by Crippen LogP contribution is -2.34. The number of likely N-dealkylation sites (tertiary alicyclic amines) is 1. The number of carboxylic acids is 1. The summed E-state index contributed by atoms with van der Waals surface area (Å²) in [4.78, 5) is 13.0. The SMILES string of the molecule is O=C(O)c1ccc(CN2CCC[C@H]2COc2ccc(F)cc2)c(F)c1. The van der Waals surface area contributed by atoms with E-state index in [1.54, 1.807) is 12.1 Å². The maximum atomic E-state index is 14.1. The van der Waals surface area contributed by atoms with Gasteiger partial charge < -0.3 is 9.84 Å². The third-order valence-corrected chi connectivity index (χ3v) is 4.43. The molecule has 0 saturated carbocycles. The fourth-order valence-electron chi connectivity index (χ4n) is 3.04. The number of benzene rings is 2. The Balaban J connectivity index is 1.61. The number of rotatable bonds is 6. The Kier molecular flexibility index (Phi) is 5.28. The minimum atomic E-state index is -1.14. The summed E-state index contributed by atoms with van der Waals surface area (Å²) in [6, 6.07) is 10.00. The monoisotopic (exact) mass is 347 g/mol. The van der Waals surface area contributed by atoms with Gasteiger partial charge in [0.1, 0.15) is 24.0 Å². The van der Waals surface area contributed by atoms with Gasteiger partial charge in [-0.1, -0.05) is 6.07 Å². The van der Waals surface area contributed by atoms with Crippen LogP contribution in [0.3, 0.4) is 0 Å². The highest BCUT2D eigenvalue weighted by Crippen LogP contribution is 2.23. The van der Waals surface area contributed by atoms with Crippen LogP contribution in [0.5, 0.6) is 5.75 Å². The molecule has 0 radical (unpaired) electrons. The second-order valence-electron chi connectivity index (χ2n) is 6.14. The van der Waals surface area contributed by atoms with Gasteiger partial charge in [-0.05, 0) is 55.8 Å². The minimum Gasteiger partial charge on any atom is -0.492 e. The van der Waals surface area contributed by atoms with Crippen molar-refractivity contribution in [2.45, 2.75) is 25.4 Å². The lowest BCUT2D eigenvalue weighted by atomic mass is 10.1. The molecule has 0 amide bonds. The average Bonchev–Trinajstić information content (AvgIpc) is 3.03. The average molecular weight is 347 g/mol. The second kappa shape index (κ2) is 7.61. The third-order valence-electron chi connectivity index (χ3n) is 4.43. The van der Waals surface area contributed by atoms with E-state index >= 15 is 0 Å². The van der Waals surface area contributed by atoms with Crippen LogP contribution in [0.15, 0.2) is 42.5 Å². The van der Waals surface area contributed by atoms with E-state index in [1.807, 2.05) is 0 Å². The Morgan fingerprint density at radius 3 is 2.64 bits per heavy atom. The van der Waals surface area contributed by atoms with Crippen molar-refractivity contribution in [3.8, 4) is 5.75 Å². The quantitative estimate of drug-likeness (QED) is 0.866. The summed E-state index contributed by atoms with van der Waals surface area (Å²) in [5.41, 5.74) is 0.414. The molecule has 1 aliphatic rings. The molecule has 4 nitrogen and oxygen atoms in total. The first-order valence-corrected chi connectivity index (χ1v) is 8.17. The molecule has 0 unspecified atom stereocenters. The Bertz CT molecular complexity index is 749. The number of hydrogen-bond acceptors (Lipinski definition) is 3. The van der Waals surface area contributed by atoms with Crippen LogP contribution in [-0.4, -0.2) is 35.2 Å². The van der Waals surface area contributed by atoms with E-state index in [0.717, 1.165) is 25.5 Å². The number of carboxylic acid groups (broad SMARTS) is 1. The van der Waals surface area contributed by atoms with Crippen LogP contribution >= 0.6 is 0 Å². The zero-order valence-electron chi connectivity index (χ0n) is 13.6. The van der Waals surface area contributed by atoms with Crippen molar-refractivity contribution >= 4 is 5.97 Å². The molecule has 25 heavy (non-hydrogen) atoms. The summed E-state index contributed by atoms with van der Waals surface area (Å²) in [5, 5.41) is 8.90. The Morgan fingerprint density at radius 2 is 1.96 bits per heavy atom. The molecule has 2 aromatic rings. The topological polar surface area (TPSA) is 49.8 Å². The predicted octanol–water partition coefficient (Wildman–Crippen LogP) is 3.71. The van der Waals surface area contributed by atoms with Crippen LogP contribution in [0.25, 0.3) is 0 Å². The molecule has 6 heteroatoms. The molecule has 1 atom stereocenters. The fourth-order valence-corrected chi connectivity index (χ4v) is 3.04. The zero-order valence-corrected chi connectivity index (χ0v) is 13.6. The van der Waals surface area contributed by atoms with Crippen LogP contribution < -0.4 is 4.74 Å². The van der Waals surface area contributed by atoms with E-state index < -0.39 is 11.8 Å². The second-order valence-corrected chi connectivity index (χ2v) is 6.14. The van der Waals surface area contributed by atoms with Crippen molar-refractivity contribution in [2.24, 2.45) is 0 Å². The molecular weight excluding hydrogens is 328 g/mol. The van der Waals surface area contributed by atoms with E-state index in [1.165, 1.54) is 24.3 Å².